The van der Waals surface area contributed by atoms with Gasteiger partial charge in [0.25, 0.3) is 11.6 Å². The molecule has 7 heteroatoms. The fraction of sp³-hybridized carbons (Fsp3) is 0.316. The minimum atomic E-state index is -0.430. The Balaban J connectivity index is 1.85. The molecule has 136 valence electrons. The standard InChI is InChI=1S/C19H22N4O3/c1-13-8-10-22(11-9-13)17-7-6-14(12-18(17)23(25)26)19(24)21-16-5-3-2-4-15(16)20/h2-7,12-13H,8-11,20H2,1H3,(H,21,24). The van der Waals surface area contributed by atoms with Crippen molar-refractivity contribution >= 4 is 28.7 Å². The molecule has 26 heavy (non-hydrogen) atoms. The number of nitrogens with one attached hydrogen (secondary N) is 1. The maximum absolute atomic E-state index is 12.5. The molecule has 1 amide bonds. The number of nitro benzene ring substituents is 1. The van der Waals surface area contributed by atoms with Gasteiger partial charge in [-0.1, -0.05) is 19.1 Å². The monoisotopic (exact) mass is 354 g/mol. The van der Waals surface area contributed by atoms with Crippen molar-refractivity contribution in [2.75, 3.05) is 29.0 Å². The highest BCUT2D eigenvalue weighted by Crippen LogP contribution is 2.32. The Morgan fingerprint density at radius 2 is 1.92 bits per heavy atom. The summed E-state index contributed by atoms with van der Waals surface area (Å²) in [7, 11) is 0. The lowest BCUT2D eigenvalue weighted by Crippen LogP contribution is -2.33. The van der Waals surface area contributed by atoms with E-state index >= 15 is 0 Å². The number of anilines is 3. The average molecular weight is 354 g/mol. The van der Waals surface area contributed by atoms with E-state index < -0.39 is 10.8 Å². The maximum atomic E-state index is 12.5. The predicted octanol–water partition coefficient (Wildman–Crippen LogP) is 3.67. The third kappa shape index (κ3) is 3.77. The summed E-state index contributed by atoms with van der Waals surface area (Å²) >= 11 is 0. The van der Waals surface area contributed by atoms with Crippen LogP contribution in [-0.4, -0.2) is 23.9 Å². The van der Waals surface area contributed by atoms with Crippen molar-refractivity contribution in [3.8, 4) is 0 Å². The molecular weight excluding hydrogens is 332 g/mol. The first-order valence-corrected chi connectivity index (χ1v) is 8.65. The molecule has 0 aliphatic carbocycles. The number of hydrogen-bond donors (Lipinski definition) is 2. The van der Waals surface area contributed by atoms with Crippen LogP contribution in [0.3, 0.4) is 0 Å². The van der Waals surface area contributed by atoms with Crippen molar-refractivity contribution in [3.63, 3.8) is 0 Å². The summed E-state index contributed by atoms with van der Waals surface area (Å²) in [6, 6.07) is 11.5. The van der Waals surface area contributed by atoms with Crippen LogP contribution >= 0.6 is 0 Å². The molecule has 3 rings (SSSR count). The normalized spacial score (nSPS) is 14.9. The van der Waals surface area contributed by atoms with Crippen LogP contribution in [0.15, 0.2) is 42.5 Å². The van der Waals surface area contributed by atoms with Gasteiger partial charge in [-0.05, 0) is 43.0 Å². The summed E-state index contributed by atoms with van der Waals surface area (Å²) in [6.45, 7) is 3.76. The lowest BCUT2D eigenvalue weighted by Gasteiger charge is -2.31. The van der Waals surface area contributed by atoms with E-state index in [0.29, 0.717) is 23.0 Å². The number of nitrogens with zero attached hydrogens (tertiary/aromatic N) is 2. The number of amides is 1. The Kier molecular flexibility index (Phi) is 5.06. The Bertz CT molecular complexity index is 829. The van der Waals surface area contributed by atoms with Crippen LogP contribution in [0.5, 0.6) is 0 Å². The number of carbonyl (C=O) groups is 1. The third-order valence-corrected chi connectivity index (χ3v) is 4.77. The highest BCUT2D eigenvalue weighted by atomic mass is 16.6. The van der Waals surface area contributed by atoms with Gasteiger partial charge in [-0.15, -0.1) is 0 Å². The largest absolute Gasteiger partial charge is 0.397 e. The SMILES string of the molecule is CC1CCN(c2ccc(C(=O)Nc3ccccc3N)cc2[N+](=O)[O-])CC1. The van der Waals surface area contributed by atoms with Crippen molar-refractivity contribution in [3.05, 3.63) is 58.1 Å². The Hall–Kier alpha value is -3.09. The number of benzene rings is 2. The van der Waals surface area contributed by atoms with Crippen LogP contribution in [0.1, 0.15) is 30.1 Å². The van der Waals surface area contributed by atoms with E-state index in [1.807, 2.05) is 4.90 Å². The number of para-hydroxylation sites is 2. The first kappa shape index (κ1) is 17.7. The molecule has 1 heterocycles. The molecule has 1 aliphatic heterocycles. The van der Waals surface area contributed by atoms with Gasteiger partial charge in [0, 0.05) is 24.7 Å². The number of nitro groups is 1. The van der Waals surface area contributed by atoms with Gasteiger partial charge in [-0.3, -0.25) is 14.9 Å². The molecule has 3 N–H and O–H groups in total. The molecular formula is C19H22N4O3. The highest BCUT2D eigenvalue weighted by Gasteiger charge is 2.24. The lowest BCUT2D eigenvalue weighted by atomic mass is 9.98. The molecule has 0 aromatic heterocycles. The van der Waals surface area contributed by atoms with Crippen LogP contribution in [0.25, 0.3) is 0 Å². The summed E-state index contributed by atoms with van der Waals surface area (Å²) in [5, 5.41) is 14.2. The van der Waals surface area contributed by atoms with Gasteiger partial charge in [-0.2, -0.15) is 0 Å². The smallest absolute Gasteiger partial charge is 0.293 e. The van der Waals surface area contributed by atoms with E-state index in [2.05, 4.69) is 12.2 Å². The molecule has 0 atom stereocenters. The summed E-state index contributed by atoms with van der Waals surface area (Å²) in [4.78, 5) is 25.6. The van der Waals surface area contributed by atoms with Crippen molar-refractivity contribution in [1.29, 1.82) is 0 Å². The number of rotatable bonds is 4. The van der Waals surface area contributed by atoms with Crippen molar-refractivity contribution in [2.45, 2.75) is 19.8 Å². The topological polar surface area (TPSA) is 102 Å². The van der Waals surface area contributed by atoms with Gasteiger partial charge in [0.1, 0.15) is 5.69 Å². The summed E-state index contributed by atoms with van der Waals surface area (Å²) in [5.41, 5.74) is 7.50. The number of hydrogen-bond acceptors (Lipinski definition) is 5. The van der Waals surface area contributed by atoms with Gasteiger partial charge in [0.2, 0.25) is 0 Å². The lowest BCUT2D eigenvalue weighted by molar-refractivity contribution is -0.384. The number of piperidine rings is 1. The number of nitrogen functional groups attached to an aromatic ring is 1. The van der Waals surface area contributed by atoms with Crippen molar-refractivity contribution in [1.82, 2.24) is 0 Å². The molecule has 2 aromatic carbocycles. The van der Waals surface area contributed by atoms with E-state index in [4.69, 9.17) is 5.73 Å². The van der Waals surface area contributed by atoms with E-state index in [9.17, 15) is 14.9 Å². The molecule has 0 bridgehead atoms. The quantitative estimate of drug-likeness (QED) is 0.495. The van der Waals surface area contributed by atoms with E-state index in [1.165, 1.54) is 6.07 Å². The Morgan fingerprint density at radius 1 is 1.23 bits per heavy atom. The van der Waals surface area contributed by atoms with Crippen molar-refractivity contribution in [2.24, 2.45) is 5.92 Å². The van der Waals surface area contributed by atoms with Crippen LogP contribution in [0, 0.1) is 16.0 Å². The molecule has 7 nitrogen and oxygen atoms in total. The van der Waals surface area contributed by atoms with Crippen LogP contribution in [0.2, 0.25) is 0 Å². The Morgan fingerprint density at radius 3 is 2.58 bits per heavy atom. The second-order valence-corrected chi connectivity index (χ2v) is 6.67. The van der Waals surface area contributed by atoms with Gasteiger partial charge < -0.3 is 16.0 Å². The molecule has 0 unspecified atom stereocenters. The summed E-state index contributed by atoms with van der Waals surface area (Å²) in [6.07, 6.45) is 2.01. The molecule has 0 radical (unpaired) electrons. The van der Waals surface area contributed by atoms with Gasteiger partial charge in [0.05, 0.1) is 16.3 Å². The fourth-order valence-corrected chi connectivity index (χ4v) is 3.13. The Labute approximate surface area is 152 Å². The second kappa shape index (κ2) is 7.43. The molecule has 1 saturated heterocycles. The minimum Gasteiger partial charge on any atom is -0.397 e. The van der Waals surface area contributed by atoms with Crippen LogP contribution < -0.4 is 16.0 Å². The maximum Gasteiger partial charge on any atom is 0.293 e. The highest BCUT2D eigenvalue weighted by molar-refractivity contribution is 6.06. The predicted molar refractivity (Wildman–Crippen MR) is 103 cm³/mol. The van der Waals surface area contributed by atoms with Crippen LogP contribution in [0.4, 0.5) is 22.7 Å². The van der Waals surface area contributed by atoms with E-state index in [1.54, 1.807) is 36.4 Å². The van der Waals surface area contributed by atoms with Gasteiger partial charge >= 0.3 is 0 Å². The van der Waals surface area contributed by atoms with E-state index in [0.717, 1.165) is 25.9 Å². The number of carbonyl (C=O) groups excluding carboxylic acids is 1. The fourth-order valence-electron chi connectivity index (χ4n) is 3.13. The second-order valence-electron chi connectivity index (χ2n) is 6.67. The van der Waals surface area contributed by atoms with Crippen LogP contribution in [-0.2, 0) is 0 Å². The van der Waals surface area contributed by atoms with Crippen molar-refractivity contribution < 1.29 is 9.72 Å². The summed E-state index contributed by atoms with van der Waals surface area (Å²) in [5.74, 6) is 0.205. The third-order valence-electron chi connectivity index (χ3n) is 4.77. The molecule has 1 aliphatic rings. The molecule has 2 aromatic rings. The minimum absolute atomic E-state index is 0.0479. The zero-order valence-corrected chi connectivity index (χ0v) is 14.6. The van der Waals surface area contributed by atoms with E-state index in [-0.39, 0.29) is 11.3 Å². The molecule has 1 fully saturated rings. The van der Waals surface area contributed by atoms with Gasteiger partial charge in [-0.25, -0.2) is 0 Å². The molecule has 0 spiro atoms. The first-order valence-electron chi connectivity index (χ1n) is 8.65. The zero-order valence-electron chi connectivity index (χ0n) is 14.6. The summed E-state index contributed by atoms with van der Waals surface area (Å²) < 4.78 is 0. The number of nitrogens with two attached hydrogens (primary N) is 1. The van der Waals surface area contributed by atoms with Gasteiger partial charge in [0.15, 0.2) is 0 Å². The molecule has 0 saturated carbocycles. The average Bonchev–Trinajstić information content (AvgIpc) is 2.63. The zero-order chi connectivity index (χ0) is 18.7. The first-order chi connectivity index (χ1) is 12.5.